The predicted octanol–water partition coefficient (Wildman–Crippen LogP) is 3.56. The number of ether oxygens (including phenoxy) is 1. The normalized spacial score (nSPS) is 12.2. The number of hydrogen-bond acceptors (Lipinski definition) is 2. The molecule has 0 aliphatic heterocycles. The second kappa shape index (κ2) is 5.85. The standard InChI is InChI=1S/C14H13ClFNO/c15-11-4-1-3-10(7-11)14(17)9-18-13-6-2-5-12(16)8-13/h1-8,14H,9,17H2. The lowest BCUT2D eigenvalue weighted by atomic mass is 10.1. The number of hydrogen-bond donors (Lipinski definition) is 1. The molecular weight excluding hydrogens is 253 g/mol. The van der Waals surface area contributed by atoms with Gasteiger partial charge in [0.05, 0.1) is 6.04 Å². The number of nitrogens with two attached hydrogens (primary N) is 1. The first-order chi connectivity index (χ1) is 8.65. The van der Waals surface area contributed by atoms with Crippen molar-refractivity contribution in [3.63, 3.8) is 0 Å². The summed E-state index contributed by atoms with van der Waals surface area (Å²) in [6.45, 7) is 0.268. The van der Waals surface area contributed by atoms with Gasteiger partial charge in [-0.2, -0.15) is 0 Å². The van der Waals surface area contributed by atoms with Gasteiger partial charge in [0.15, 0.2) is 0 Å². The zero-order valence-electron chi connectivity index (χ0n) is 9.64. The zero-order valence-corrected chi connectivity index (χ0v) is 10.4. The monoisotopic (exact) mass is 265 g/mol. The summed E-state index contributed by atoms with van der Waals surface area (Å²) in [7, 11) is 0. The molecule has 0 fully saturated rings. The fraction of sp³-hybridized carbons (Fsp3) is 0.143. The highest BCUT2D eigenvalue weighted by molar-refractivity contribution is 6.30. The molecule has 0 bridgehead atoms. The molecule has 1 unspecified atom stereocenters. The zero-order chi connectivity index (χ0) is 13.0. The largest absolute Gasteiger partial charge is 0.492 e. The van der Waals surface area contributed by atoms with Gasteiger partial charge in [-0.3, -0.25) is 0 Å². The Kier molecular flexibility index (Phi) is 4.18. The predicted molar refractivity (Wildman–Crippen MR) is 70.3 cm³/mol. The van der Waals surface area contributed by atoms with Crippen molar-refractivity contribution in [1.29, 1.82) is 0 Å². The van der Waals surface area contributed by atoms with Crippen LogP contribution in [-0.2, 0) is 0 Å². The van der Waals surface area contributed by atoms with E-state index >= 15 is 0 Å². The van der Waals surface area contributed by atoms with E-state index < -0.39 is 0 Å². The van der Waals surface area contributed by atoms with E-state index in [4.69, 9.17) is 22.1 Å². The minimum atomic E-state index is -0.330. The van der Waals surface area contributed by atoms with Crippen LogP contribution >= 0.6 is 11.6 Å². The van der Waals surface area contributed by atoms with E-state index in [2.05, 4.69) is 0 Å². The van der Waals surface area contributed by atoms with Crippen molar-refractivity contribution in [2.24, 2.45) is 5.73 Å². The second-order valence-electron chi connectivity index (χ2n) is 3.93. The van der Waals surface area contributed by atoms with E-state index in [1.165, 1.54) is 12.1 Å². The van der Waals surface area contributed by atoms with Crippen molar-refractivity contribution < 1.29 is 9.13 Å². The molecule has 0 aliphatic rings. The summed E-state index contributed by atoms with van der Waals surface area (Å²) in [4.78, 5) is 0. The molecule has 0 spiro atoms. The van der Waals surface area contributed by atoms with Crippen molar-refractivity contribution in [3.8, 4) is 5.75 Å². The van der Waals surface area contributed by atoms with Gasteiger partial charge >= 0.3 is 0 Å². The van der Waals surface area contributed by atoms with Gasteiger partial charge in [0.25, 0.3) is 0 Å². The average Bonchev–Trinajstić information content (AvgIpc) is 2.36. The summed E-state index contributed by atoms with van der Waals surface area (Å²) in [5, 5.41) is 0.633. The summed E-state index contributed by atoms with van der Waals surface area (Å²) in [5.74, 6) is 0.135. The molecule has 2 aromatic rings. The third-order valence-electron chi connectivity index (χ3n) is 2.50. The van der Waals surface area contributed by atoms with Crippen LogP contribution in [0.25, 0.3) is 0 Å². The van der Waals surface area contributed by atoms with Crippen molar-refractivity contribution in [2.75, 3.05) is 6.61 Å². The van der Waals surface area contributed by atoms with Crippen molar-refractivity contribution in [1.82, 2.24) is 0 Å². The highest BCUT2D eigenvalue weighted by atomic mass is 35.5. The molecule has 1 atom stereocenters. The SMILES string of the molecule is NC(COc1cccc(F)c1)c1cccc(Cl)c1. The molecule has 0 heterocycles. The van der Waals surface area contributed by atoms with Crippen LogP contribution in [0, 0.1) is 5.82 Å². The topological polar surface area (TPSA) is 35.2 Å². The lowest BCUT2D eigenvalue weighted by Gasteiger charge is -2.13. The van der Waals surface area contributed by atoms with Crippen molar-refractivity contribution in [3.05, 3.63) is 64.9 Å². The number of benzene rings is 2. The van der Waals surface area contributed by atoms with Crippen LogP contribution in [0.1, 0.15) is 11.6 Å². The van der Waals surface area contributed by atoms with Gasteiger partial charge in [0.2, 0.25) is 0 Å². The van der Waals surface area contributed by atoms with E-state index in [9.17, 15) is 4.39 Å². The second-order valence-corrected chi connectivity index (χ2v) is 4.37. The molecule has 94 valence electrons. The smallest absolute Gasteiger partial charge is 0.126 e. The molecule has 0 aliphatic carbocycles. The van der Waals surface area contributed by atoms with Gasteiger partial charge in [-0.15, -0.1) is 0 Å². The molecule has 0 amide bonds. The Hall–Kier alpha value is -1.58. The third kappa shape index (κ3) is 3.45. The van der Waals surface area contributed by atoms with Gasteiger partial charge in [-0.1, -0.05) is 29.8 Å². The van der Waals surface area contributed by atoms with Gasteiger partial charge in [0.1, 0.15) is 18.2 Å². The van der Waals surface area contributed by atoms with Crippen LogP contribution in [0.5, 0.6) is 5.75 Å². The van der Waals surface area contributed by atoms with E-state index in [1.54, 1.807) is 24.3 Å². The van der Waals surface area contributed by atoms with Crippen LogP contribution in [0.3, 0.4) is 0 Å². The maximum atomic E-state index is 12.9. The Morgan fingerprint density at radius 3 is 2.67 bits per heavy atom. The molecule has 2 nitrogen and oxygen atoms in total. The molecular formula is C14H13ClFNO. The Bertz CT molecular complexity index is 533. The maximum absolute atomic E-state index is 12.9. The first-order valence-corrected chi connectivity index (χ1v) is 5.92. The fourth-order valence-corrected chi connectivity index (χ4v) is 1.77. The molecule has 2 aromatic carbocycles. The highest BCUT2D eigenvalue weighted by Gasteiger charge is 2.07. The van der Waals surface area contributed by atoms with Crippen molar-refractivity contribution in [2.45, 2.75) is 6.04 Å². The Labute approximate surface area is 110 Å². The van der Waals surface area contributed by atoms with E-state index in [0.29, 0.717) is 10.8 Å². The molecule has 18 heavy (non-hydrogen) atoms. The van der Waals surface area contributed by atoms with Crippen LogP contribution in [0.15, 0.2) is 48.5 Å². The van der Waals surface area contributed by atoms with E-state index in [-0.39, 0.29) is 18.5 Å². The molecule has 0 aromatic heterocycles. The maximum Gasteiger partial charge on any atom is 0.126 e. The van der Waals surface area contributed by atoms with Crippen LogP contribution < -0.4 is 10.5 Å². The quantitative estimate of drug-likeness (QED) is 0.917. The average molecular weight is 266 g/mol. The third-order valence-corrected chi connectivity index (χ3v) is 2.74. The molecule has 2 rings (SSSR count). The van der Waals surface area contributed by atoms with Crippen LogP contribution in [0.2, 0.25) is 5.02 Å². The minimum absolute atomic E-state index is 0.268. The summed E-state index contributed by atoms with van der Waals surface area (Å²) in [5.41, 5.74) is 6.86. The summed E-state index contributed by atoms with van der Waals surface area (Å²) < 4.78 is 18.4. The van der Waals surface area contributed by atoms with Gasteiger partial charge < -0.3 is 10.5 Å². The lowest BCUT2D eigenvalue weighted by Crippen LogP contribution is -2.18. The highest BCUT2D eigenvalue weighted by Crippen LogP contribution is 2.18. The fourth-order valence-electron chi connectivity index (χ4n) is 1.58. The van der Waals surface area contributed by atoms with Crippen LogP contribution in [0.4, 0.5) is 4.39 Å². The van der Waals surface area contributed by atoms with E-state index in [1.807, 2.05) is 12.1 Å². The molecule has 0 saturated carbocycles. The Morgan fingerprint density at radius 1 is 1.17 bits per heavy atom. The summed E-state index contributed by atoms with van der Waals surface area (Å²) in [6, 6.07) is 13.0. The first kappa shape index (κ1) is 12.9. The number of rotatable bonds is 4. The van der Waals surface area contributed by atoms with Gasteiger partial charge in [-0.25, -0.2) is 4.39 Å². The number of halogens is 2. The minimum Gasteiger partial charge on any atom is -0.492 e. The molecule has 4 heteroatoms. The van der Waals surface area contributed by atoms with Crippen LogP contribution in [-0.4, -0.2) is 6.61 Å². The first-order valence-electron chi connectivity index (χ1n) is 5.54. The van der Waals surface area contributed by atoms with Gasteiger partial charge in [0, 0.05) is 11.1 Å². The summed E-state index contributed by atoms with van der Waals surface area (Å²) >= 11 is 5.88. The van der Waals surface area contributed by atoms with E-state index in [0.717, 1.165) is 5.56 Å². The lowest BCUT2D eigenvalue weighted by molar-refractivity contribution is 0.289. The van der Waals surface area contributed by atoms with Crippen molar-refractivity contribution >= 4 is 11.6 Å². The van der Waals surface area contributed by atoms with Gasteiger partial charge in [-0.05, 0) is 29.8 Å². The molecule has 0 radical (unpaired) electrons. The summed E-state index contributed by atoms with van der Waals surface area (Å²) in [6.07, 6.45) is 0. The molecule has 2 N–H and O–H groups in total. The Morgan fingerprint density at radius 2 is 1.94 bits per heavy atom. The Balaban J connectivity index is 1.98. The molecule has 0 saturated heterocycles.